The van der Waals surface area contributed by atoms with E-state index in [1.165, 1.54) is 12.8 Å². The van der Waals surface area contributed by atoms with Crippen LogP contribution in [0, 0.1) is 6.92 Å². The van der Waals surface area contributed by atoms with Crippen LogP contribution < -0.4 is 10.2 Å². The van der Waals surface area contributed by atoms with Gasteiger partial charge in [-0.25, -0.2) is 9.78 Å². The summed E-state index contributed by atoms with van der Waals surface area (Å²) in [6.45, 7) is 7.70. The Morgan fingerprint density at radius 1 is 1.19 bits per heavy atom. The number of carbonyl (C=O) groups is 1. The van der Waals surface area contributed by atoms with Crippen LogP contribution in [0.5, 0.6) is 0 Å². The predicted octanol–water partition coefficient (Wildman–Crippen LogP) is 2.33. The lowest BCUT2D eigenvalue weighted by atomic mass is 10.3. The number of urea groups is 1. The van der Waals surface area contributed by atoms with Crippen molar-refractivity contribution in [3.63, 3.8) is 0 Å². The molecule has 2 aromatic heterocycles. The number of amides is 2. The number of aryl methyl sites for hydroxylation is 1. The largest absolute Gasteiger partial charge is 0.361 e. The van der Waals surface area contributed by atoms with Crippen LogP contribution in [-0.4, -0.2) is 65.2 Å². The van der Waals surface area contributed by atoms with E-state index in [1.807, 2.05) is 30.0 Å². The molecule has 0 aliphatic carbocycles. The molecule has 0 atom stereocenters. The highest BCUT2D eigenvalue weighted by atomic mass is 16.5. The van der Waals surface area contributed by atoms with Gasteiger partial charge >= 0.3 is 6.03 Å². The topological polar surface area (TPSA) is 77.7 Å². The van der Waals surface area contributed by atoms with Gasteiger partial charge in [-0.3, -0.25) is 4.90 Å². The molecular weight excluding hydrogens is 344 g/mol. The average Bonchev–Trinajstić information content (AvgIpc) is 3.35. The molecule has 2 aromatic rings. The van der Waals surface area contributed by atoms with E-state index < -0.39 is 0 Å². The molecule has 27 heavy (non-hydrogen) atoms. The van der Waals surface area contributed by atoms with E-state index in [-0.39, 0.29) is 6.03 Å². The number of aromatic nitrogens is 2. The van der Waals surface area contributed by atoms with Crippen LogP contribution in [0.4, 0.5) is 16.3 Å². The SMILES string of the molecule is Cc1cc(CN2CCN(C(=O)Nc3cccnc3N3CCCC3)CC2)no1. The van der Waals surface area contributed by atoms with Gasteiger partial charge in [0, 0.05) is 58.1 Å². The van der Waals surface area contributed by atoms with E-state index in [0.717, 1.165) is 55.7 Å². The number of hydrogen-bond acceptors (Lipinski definition) is 6. The predicted molar refractivity (Wildman–Crippen MR) is 103 cm³/mol. The lowest BCUT2D eigenvalue weighted by molar-refractivity contribution is 0.141. The third kappa shape index (κ3) is 4.21. The first-order valence-electron chi connectivity index (χ1n) is 9.59. The van der Waals surface area contributed by atoms with Gasteiger partial charge in [-0.1, -0.05) is 5.16 Å². The van der Waals surface area contributed by atoms with Crippen molar-refractivity contribution >= 4 is 17.5 Å². The molecule has 0 unspecified atom stereocenters. The number of carbonyl (C=O) groups excluding carboxylic acids is 1. The fourth-order valence-electron chi connectivity index (χ4n) is 3.70. The van der Waals surface area contributed by atoms with Gasteiger partial charge < -0.3 is 19.6 Å². The van der Waals surface area contributed by atoms with Gasteiger partial charge in [0.15, 0.2) is 5.82 Å². The molecular formula is C19H26N6O2. The second-order valence-electron chi connectivity index (χ2n) is 7.19. The van der Waals surface area contributed by atoms with Crippen LogP contribution in [0.2, 0.25) is 0 Å². The Morgan fingerprint density at radius 2 is 1.96 bits per heavy atom. The van der Waals surface area contributed by atoms with Crippen LogP contribution in [0.1, 0.15) is 24.3 Å². The number of piperazine rings is 1. The van der Waals surface area contributed by atoms with Crippen molar-refractivity contribution in [2.45, 2.75) is 26.3 Å². The van der Waals surface area contributed by atoms with Crippen molar-refractivity contribution in [1.29, 1.82) is 0 Å². The number of pyridine rings is 1. The van der Waals surface area contributed by atoms with Gasteiger partial charge in [-0.15, -0.1) is 0 Å². The lowest BCUT2D eigenvalue weighted by Gasteiger charge is -2.34. The maximum atomic E-state index is 12.7. The van der Waals surface area contributed by atoms with E-state index in [1.54, 1.807) is 6.20 Å². The quantitative estimate of drug-likeness (QED) is 0.890. The van der Waals surface area contributed by atoms with Crippen LogP contribution in [0.3, 0.4) is 0 Å². The van der Waals surface area contributed by atoms with Crippen LogP contribution >= 0.6 is 0 Å². The summed E-state index contributed by atoms with van der Waals surface area (Å²) >= 11 is 0. The van der Waals surface area contributed by atoms with E-state index in [0.29, 0.717) is 13.1 Å². The van der Waals surface area contributed by atoms with Gasteiger partial charge in [-0.2, -0.15) is 0 Å². The molecule has 144 valence electrons. The van der Waals surface area contributed by atoms with Gasteiger partial charge in [0.25, 0.3) is 0 Å². The molecule has 2 aliphatic heterocycles. The second-order valence-corrected chi connectivity index (χ2v) is 7.19. The Hall–Kier alpha value is -2.61. The highest BCUT2D eigenvalue weighted by Gasteiger charge is 2.24. The monoisotopic (exact) mass is 370 g/mol. The van der Waals surface area contributed by atoms with Crippen molar-refractivity contribution in [3.05, 3.63) is 35.9 Å². The standard InChI is InChI=1S/C19H26N6O2/c1-15-13-16(22-27-15)14-23-9-11-25(12-10-23)19(26)21-17-5-4-6-20-18(17)24-7-2-3-8-24/h4-6,13H,2-3,7-12,14H2,1H3,(H,21,26). The summed E-state index contributed by atoms with van der Waals surface area (Å²) in [5.41, 5.74) is 1.74. The Kier molecular flexibility index (Phi) is 5.24. The van der Waals surface area contributed by atoms with E-state index in [2.05, 4.69) is 25.3 Å². The molecule has 0 saturated carbocycles. The number of hydrogen-bond donors (Lipinski definition) is 1. The van der Waals surface area contributed by atoms with Gasteiger partial charge in [0.1, 0.15) is 5.76 Å². The van der Waals surface area contributed by atoms with E-state index in [9.17, 15) is 4.79 Å². The summed E-state index contributed by atoms with van der Waals surface area (Å²) in [6.07, 6.45) is 4.14. The Labute approximate surface area is 159 Å². The Morgan fingerprint density at radius 3 is 2.67 bits per heavy atom. The maximum Gasteiger partial charge on any atom is 0.322 e. The third-order valence-electron chi connectivity index (χ3n) is 5.16. The van der Waals surface area contributed by atoms with Crippen molar-refractivity contribution in [2.75, 3.05) is 49.5 Å². The molecule has 2 aliphatic rings. The molecule has 0 aromatic carbocycles. The summed E-state index contributed by atoms with van der Waals surface area (Å²) in [4.78, 5) is 23.6. The molecule has 2 saturated heterocycles. The summed E-state index contributed by atoms with van der Waals surface area (Å²) in [6, 6.07) is 5.70. The molecule has 8 nitrogen and oxygen atoms in total. The normalized spacial score (nSPS) is 18.1. The molecule has 0 bridgehead atoms. The number of nitrogens with one attached hydrogen (secondary N) is 1. The first-order chi connectivity index (χ1) is 13.2. The summed E-state index contributed by atoms with van der Waals surface area (Å²) in [7, 11) is 0. The minimum atomic E-state index is -0.0552. The van der Waals surface area contributed by atoms with Crippen molar-refractivity contribution in [2.24, 2.45) is 0 Å². The third-order valence-corrected chi connectivity index (χ3v) is 5.16. The first kappa shape index (κ1) is 17.8. The highest BCUT2D eigenvalue weighted by Crippen LogP contribution is 2.26. The van der Waals surface area contributed by atoms with Crippen molar-refractivity contribution in [1.82, 2.24) is 19.9 Å². The van der Waals surface area contributed by atoms with Crippen LogP contribution in [0.25, 0.3) is 0 Å². The second kappa shape index (κ2) is 7.96. The summed E-state index contributed by atoms with van der Waals surface area (Å²) in [5.74, 6) is 1.71. The molecule has 4 heterocycles. The molecule has 0 spiro atoms. The summed E-state index contributed by atoms with van der Waals surface area (Å²) in [5, 5.41) is 7.11. The Balaban J connectivity index is 1.32. The maximum absolute atomic E-state index is 12.7. The van der Waals surface area contributed by atoms with Crippen LogP contribution in [0.15, 0.2) is 28.9 Å². The minimum absolute atomic E-state index is 0.0552. The zero-order chi connectivity index (χ0) is 18.6. The van der Waals surface area contributed by atoms with Crippen molar-refractivity contribution < 1.29 is 9.32 Å². The first-order valence-corrected chi connectivity index (χ1v) is 9.59. The number of anilines is 2. The van der Waals surface area contributed by atoms with Crippen LogP contribution in [-0.2, 0) is 6.54 Å². The molecule has 2 amide bonds. The zero-order valence-electron chi connectivity index (χ0n) is 15.7. The van der Waals surface area contributed by atoms with E-state index >= 15 is 0 Å². The van der Waals surface area contributed by atoms with Gasteiger partial charge in [0.2, 0.25) is 0 Å². The molecule has 1 N–H and O–H groups in total. The van der Waals surface area contributed by atoms with Gasteiger partial charge in [0.05, 0.1) is 11.4 Å². The minimum Gasteiger partial charge on any atom is -0.361 e. The molecule has 0 radical (unpaired) electrons. The van der Waals surface area contributed by atoms with E-state index in [4.69, 9.17) is 4.52 Å². The number of nitrogens with zero attached hydrogens (tertiary/aromatic N) is 5. The lowest BCUT2D eigenvalue weighted by Crippen LogP contribution is -2.49. The summed E-state index contributed by atoms with van der Waals surface area (Å²) < 4.78 is 5.12. The van der Waals surface area contributed by atoms with Gasteiger partial charge in [-0.05, 0) is 31.9 Å². The fraction of sp³-hybridized carbons (Fsp3) is 0.526. The fourth-order valence-corrected chi connectivity index (χ4v) is 3.70. The number of rotatable bonds is 4. The highest BCUT2D eigenvalue weighted by molar-refractivity contribution is 5.92. The molecule has 2 fully saturated rings. The molecule has 4 rings (SSSR count). The smallest absolute Gasteiger partial charge is 0.322 e. The zero-order valence-corrected chi connectivity index (χ0v) is 15.7. The Bertz CT molecular complexity index is 778. The molecule has 8 heteroatoms. The average molecular weight is 370 g/mol. The van der Waals surface area contributed by atoms with Crippen molar-refractivity contribution in [3.8, 4) is 0 Å².